The summed E-state index contributed by atoms with van der Waals surface area (Å²) in [6.07, 6.45) is 7.83. The maximum atomic E-state index is 12.4. The number of aromatic nitrogens is 5. The van der Waals surface area contributed by atoms with Crippen molar-refractivity contribution in [3.8, 4) is 0 Å². The zero-order valence-corrected chi connectivity index (χ0v) is 14.3. The van der Waals surface area contributed by atoms with Crippen molar-refractivity contribution in [2.45, 2.75) is 12.8 Å². The van der Waals surface area contributed by atoms with Crippen LogP contribution < -0.4 is 4.90 Å². The van der Waals surface area contributed by atoms with E-state index in [1.807, 2.05) is 4.90 Å². The van der Waals surface area contributed by atoms with E-state index in [0.717, 1.165) is 35.8 Å². The molecule has 0 saturated carbocycles. The molecule has 4 heterocycles. The van der Waals surface area contributed by atoms with Crippen LogP contribution in [0.15, 0.2) is 24.9 Å². The highest BCUT2D eigenvalue weighted by Gasteiger charge is 2.24. The van der Waals surface area contributed by atoms with Gasteiger partial charge in [-0.25, -0.2) is 15.0 Å². The van der Waals surface area contributed by atoms with Gasteiger partial charge in [0.05, 0.1) is 10.4 Å². The first-order valence-corrected chi connectivity index (χ1v) is 8.59. The van der Waals surface area contributed by atoms with Crippen molar-refractivity contribution >= 4 is 34.4 Å². The second-order valence-electron chi connectivity index (χ2n) is 5.96. The number of hydrogen-bond donors (Lipinski definition) is 2. The molecular formula is C16H18ClN7O. The molecule has 1 fully saturated rings. The van der Waals surface area contributed by atoms with Gasteiger partial charge < -0.3 is 19.8 Å². The van der Waals surface area contributed by atoms with Gasteiger partial charge in [0.15, 0.2) is 0 Å². The Morgan fingerprint density at radius 1 is 1.16 bits per heavy atom. The van der Waals surface area contributed by atoms with Gasteiger partial charge in [-0.05, 0) is 0 Å². The fraction of sp³-hybridized carbons (Fsp3) is 0.375. The van der Waals surface area contributed by atoms with Crippen LogP contribution in [0.3, 0.4) is 0 Å². The summed E-state index contributed by atoms with van der Waals surface area (Å²) in [6, 6.07) is 0. The molecule has 0 atom stereocenters. The number of aromatic amines is 2. The third-order valence-corrected chi connectivity index (χ3v) is 4.76. The van der Waals surface area contributed by atoms with Gasteiger partial charge in [0.2, 0.25) is 5.91 Å². The van der Waals surface area contributed by atoms with Crippen LogP contribution in [-0.4, -0.2) is 61.9 Å². The molecule has 0 unspecified atom stereocenters. The summed E-state index contributed by atoms with van der Waals surface area (Å²) < 4.78 is 0. The van der Waals surface area contributed by atoms with E-state index in [-0.39, 0.29) is 5.91 Å². The zero-order chi connectivity index (χ0) is 17.2. The average molecular weight is 360 g/mol. The first-order valence-electron chi connectivity index (χ1n) is 8.21. The number of halogens is 1. The second kappa shape index (κ2) is 6.72. The molecule has 9 heteroatoms. The molecule has 1 saturated heterocycles. The summed E-state index contributed by atoms with van der Waals surface area (Å²) in [4.78, 5) is 35.2. The van der Waals surface area contributed by atoms with Crippen molar-refractivity contribution in [2.24, 2.45) is 0 Å². The molecule has 3 aromatic rings. The minimum absolute atomic E-state index is 0.156. The topological polar surface area (TPSA) is 93.8 Å². The van der Waals surface area contributed by atoms with Crippen LogP contribution in [0, 0.1) is 0 Å². The lowest BCUT2D eigenvalue weighted by molar-refractivity contribution is -0.131. The van der Waals surface area contributed by atoms with E-state index >= 15 is 0 Å². The number of nitrogens with one attached hydrogen (secondary N) is 2. The lowest BCUT2D eigenvalue weighted by Crippen LogP contribution is -2.49. The molecule has 0 aromatic carbocycles. The standard InChI is InChI=1S/C16H18ClN7O/c17-11-9-20-15-14(11)16(22-10-21-15)24-7-5-23(6-8-24)13(25)2-1-12-18-3-4-19-12/h3-4,9-10H,1-2,5-8H2,(H,18,19)(H,20,21,22). The van der Waals surface area contributed by atoms with Crippen molar-refractivity contribution in [3.63, 3.8) is 0 Å². The number of imidazole rings is 1. The molecule has 0 bridgehead atoms. The summed E-state index contributed by atoms with van der Waals surface area (Å²) in [5.41, 5.74) is 0.729. The predicted octanol–water partition coefficient (Wildman–Crippen LogP) is 1.62. The van der Waals surface area contributed by atoms with E-state index in [9.17, 15) is 4.79 Å². The van der Waals surface area contributed by atoms with E-state index in [2.05, 4.69) is 29.8 Å². The molecule has 0 aliphatic carbocycles. The Morgan fingerprint density at radius 3 is 2.76 bits per heavy atom. The van der Waals surface area contributed by atoms with E-state index in [1.165, 1.54) is 6.33 Å². The SMILES string of the molecule is O=C(CCc1ncc[nH]1)N1CCN(c2ncnc3[nH]cc(Cl)c23)CC1. The Hall–Kier alpha value is -2.61. The Bertz CT molecular complexity index is 868. The van der Waals surface area contributed by atoms with Crippen LogP contribution in [0.2, 0.25) is 5.02 Å². The fourth-order valence-electron chi connectivity index (χ4n) is 3.14. The van der Waals surface area contributed by atoms with Gasteiger partial charge in [-0.3, -0.25) is 4.79 Å². The molecule has 0 spiro atoms. The monoisotopic (exact) mass is 359 g/mol. The predicted molar refractivity (Wildman–Crippen MR) is 94.6 cm³/mol. The third-order valence-electron chi connectivity index (χ3n) is 4.46. The van der Waals surface area contributed by atoms with Crippen molar-refractivity contribution in [2.75, 3.05) is 31.1 Å². The Morgan fingerprint density at radius 2 is 2.00 bits per heavy atom. The smallest absolute Gasteiger partial charge is 0.223 e. The van der Waals surface area contributed by atoms with Crippen LogP contribution in [0.5, 0.6) is 0 Å². The molecule has 1 aliphatic heterocycles. The van der Waals surface area contributed by atoms with Crippen molar-refractivity contribution in [3.05, 3.63) is 35.8 Å². The van der Waals surface area contributed by atoms with E-state index in [1.54, 1.807) is 18.6 Å². The maximum absolute atomic E-state index is 12.4. The number of H-pyrrole nitrogens is 2. The number of anilines is 1. The highest BCUT2D eigenvalue weighted by Crippen LogP contribution is 2.30. The molecule has 1 aliphatic rings. The summed E-state index contributed by atoms with van der Waals surface area (Å²) in [5, 5.41) is 1.45. The van der Waals surface area contributed by atoms with Crippen molar-refractivity contribution in [1.29, 1.82) is 0 Å². The number of carbonyl (C=O) groups excluding carboxylic acids is 1. The third kappa shape index (κ3) is 3.17. The van der Waals surface area contributed by atoms with Gasteiger partial charge >= 0.3 is 0 Å². The number of amides is 1. The molecular weight excluding hydrogens is 342 g/mol. The molecule has 1 amide bonds. The first-order chi connectivity index (χ1) is 12.2. The summed E-state index contributed by atoms with van der Waals surface area (Å²) in [7, 11) is 0. The zero-order valence-electron chi connectivity index (χ0n) is 13.6. The van der Waals surface area contributed by atoms with Crippen molar-refractivity contribution < 1.29 is 4.79 Å². The molecule has 130 valence electrons. The normalized spacial score (nSPS) is 15.1. The minimum Gasteiger partial charge on any atom is -0.352 e. The number of aryl methyl sites for hydroxylation is 1. The summed E-state index contributed by atoms with van der Waals surface area (Å²) >= 11 is 6.25. The van der Waals surface area contributed by atoms with Crippen LogP contribution in [0.25, 0.3) is 11.0 Å². The van der Waals surface area contributed by atoms with Gasteiger partial charge in [0, 0.05) is 57.6 Å². The fourth-order valence-corrected chi connectivity index (χ4v) is 3.36. The molecule has 4 rings (SSSR count). The number of fused-ring (bicyclic) bond motifs is 1. The van der Waals surface area contributed by atoms with Gasteiger partial charge in [0.25, 0.3) is 0 Å². The van der Waals surface area contributed by atoms with Gasteiger partial charge in [0.1, 0.15) is 23.6 Å². The highest BCUT2D eigenvalue weighted by atomic mass is 35.5. The molecule has 25 heavy (non-hydrogen) atoms. The molecule has 2 N–H and O–H groups in total. The maximum Gasteiger partial charge on any atom is 0.223 e. The Balaban J connectivity index is 1.39. The quantitative estimate of drug-likeness (QED) is 0.738. The Kier molecular flexibility index (Phi) is 4.27. The van der Waals surface area contributed by atoms with E-state index in [4.69, 9.17) is 11.6 Å². The van der Waals surface area contributed by atoms with Gasteiger partial charge in [-0.2, -0.15) is 0 Å². The van der Waals surface area contributed by atoms with Gasteiger partial charge in [-0.1, -0.05) is 11.6 Å². The number of hydrogen-bond acceptors (Lipinski definition) is 5. The summed E-state index contributed by atoms with van der Waals surface area (Å²) in [5.74, 6) is 1.82. The number of carbonyl (C=O) groups is 1. The van der Waals surface area contributed by atoms with Crippen LogP contribution >= 0.6 is 11.6 Å². The number of nitrogens with zero attached hydrogens (tertiary/aromatic N) is 5. The largest absolute Gasteiger partial charge is 0.352 e. The Labute approximate surface area is 149 Å². The minimum atomic E-state index is 0.156. The molecule has 0 radical (unpaired) electrons. The lowest BCUT2D eigenvalue weighted by atomic mass is 10.2. The van der Waals surface area contributed by atoms with Crippen molar-refractivity contribution in [1.82, 2.24) is 29.8 Å². The van der Waals surface area contributed by atoms with E-state index < -0.39 is 0 Å². The summed E-state index contributed by atoms with van der Waals surface area (Å²) in [6.45, 7) is 2.79. The van der Waals surface area contributed by atoms with Gasteiger partial charge in [-0.15, -0.1) is 0 Å². The number of piperazine rings is 1. The van der Waals surface area contributed by atoms with Crippen LogP contribution in [0.4, 0.5) is 5.82 Å². The molecule has 8 nitrogen and oxygen atoms in total. The molecule has 3 aromatic heterocycles. The van der Waals surface area contributed by atoms with Crippen LogP contribution in [0.1, 0.15) is 12.2 Å². The van der Waals surface area contributed by atoms with E-state index in [0.29, 0.717) is 31.0 Å². The second-order valence-corrected chi connectivity index (χ2v) is 6.37. The first kappa shape index (κ1) is 15.9. The number of rotatable bonds is 4. The van der Waals surface area contributed by atoms with Crippen LogP contribution in [-0.2, 0) is 11.2 Å². The highest BCUT2D eigenvalue weighted by molar-refractivity contribution is 6.36. The lowest BCUT2D eigenvalue weighted by Gasteiger charge is -2.35. The average Bonchev–Trinajstić information content (AvgIpc) is 3.30.